The van der Waals surface area contributed by atoms with E-state index >= 15 is 0 Å². The highest BCUT2D eigenvalue weighted by Gasteiger charge is 2.33. The Morgan fingerprint density at radius 2 is 2.14 bits per heavy atom. The van der Waals surface area contributed by atoms with Crippen LogP contribution < -0.4 is 10.6 Å². The SMILES string of the molecule is CN=C(NCc1sccc1C)NCC1(CCOC)CCCC1. The Bertz CT molecular complexity index is 478. The van der Waals surface area contributed by atoms with Gasteiger partial charge in [-0.3, -0.25) is 4.99 Å². The minimum Gasteiger partial charge on any atom is -0.385 e. The van der Waals surface area contributed by atoms with Crippen LogP contribution in [0, 0.1) is 12.3 Å². The molecule has 0 spiro atoms. The van der Waals surface area contributed by atoms with Gasteiger partial charge in [-0.1, -0.05) is 12.8 Å². The van der Waals surface area contributed by atoms with Crippen LogP contribution in [0.15, 0.2) is 16.4 Å². The summed E-state index contributed by atoms with van der Waals surface area (Å²) in [6, 6.07) is 2.16. The monoisotopic (exact) mass is 323 g/mol. The van der Waals surface area contributed by atoms with E-state index < -0.39 is 0 Å². The number of ether oxygens (including phenoxy) is 1. The Labute approximate surface area is 138 Å². The molecule has 4 nitrogen and oxygen atoms in total. The zero-order valence-corrected chi connectivity index (χ0v) is 14.9. The number of guanidine groups is 1. The molecule has 5 heteroatoms. The lowest BCUT2D eigenvalue weighted by molar-refractivity contribution is 0.138. The van der Waals surface area contributed by atoms with Crippen LogP contribution in [0.2, 0.25) is 0 Å². The number of methoxy groups -OCH3 is 1. The molecule has 22 heavy (non-hydrogen) atoms. The Balaban J connectivity index is 1.83. The summed E-state index contributed by atoms with van der Waals surface area (Å²) in [4.78, 5) is 5.73. The third kappa shape index (κ3) is 4.71. The third-order valence-electron chi connectivity index (χ3n) is 4.74. The smallest absolute Gasteiger partial charge is 0.191 e. The summed E-state index contributed by atoms with van der Waals surface area (Å²) >= 11 is 1.79. The number of nitrogens with zero attached hydrogens (tertiary/aromatic N) is 1. The van der Waals surface area contributed by atoms with Gasteiger partial charge in [-0.05, 0) is 48.6 Å². The molecule has 1 aliphatic carbocycles. The predicted octanol–water partition coefficient (Wildman–Crippen LogP) is 3.32. The molecule has 0 unspecified atom stereocenters. The quantitative estimate of drug-likeness (QED) is 0.598. The number of nitrogens with one attached hydrogen (secondary N) is 2. The van der Waals surface area contributed by atoms with Crippen molar-refractivity contribution in [3.63, 3.8) is 0 Å². The topological polar surface area (TPSA) is 45.7 Å². The Morgan fingerprint density at radius 1 is 1.36 bits per heavy atom. The fraction of sp³-hybridized carbons (Fsp3) is 0.706. The van der Waals surface area contributed by atoms with Gasteiger partial charge in [-0.15, -0.1) is 11.3 Å². The molecule has 0 aliphatic heterocycles. The van der Waals surface area contributed by atoms with Crippen molar-refractivity contribution in [3.05, 3.63) is 21.9 Å². The van der Waals surface area contributed by atoms with Gasteiger partial charge < -0.3 is 15.4 Å². The van der Waals surface area contributed by atoms with Crippen LogP contribution in [0.1, 0.15) is 42.5 Å². The average Bonchev–Trinajstić information content (AvgIpc) is 3.15. The van der Waals surface area contributed by atoms with Gasteiger partial charge >= 0.3 is 0 Å². The summed E-state index contributed by atoms with van der Waals surface area (Å²) in [6.07, 6.45) is 6.41. The first kappa shape index (κ1) is 17.3. The lowest BCUT2D eigenvalue weighted by Gasteiger charge is -2.29. The number of rotatable bonds is 7. The highest BCUT2D eigenvalue weighted by atomic mass is 32.1. The number of hydrogen-bond donors (Lipinski definition) is 2. The lowest BCUT2D eigenvalue weighted by Crippen LogP contribution is -2.43. The van der Waals surface area contributed by atoms with Crippen LogP contribution >= 0.6 is 11.3 Å². The molecule has 2 rings (SSSR count). The second-order valence-corrected chi connectivity index (χ2v) is 7.26. The Hall–Kier alpha value is -1.07. The summed E-state index contributed by atoms with van der Waals surface area (Å²) in [7, 11) is 3.63. The van der Waals surface area contributed by atoms with Crippen LogP contribution in [-0.4, -0.2) is 33.3 Å². The summed E-state index contributed by atoms with van der Waals surface area (Å²) in [5.74, 6) is 0.900. The van der Waals surface area contributed by atoms with Gasteiger partial charge in [0.25, 0.3) is 0 Å². The van der Waals surface area contributed by atoms with Crippen LogP contribution in [0.25, 0.3) is 0 Å². The molecule has 0 saturated heterocycles. The molecule has 0 aromatic carbocycles. The fourth-order valence-corrected chi connectivity index (χ4v) is 4.05. The van der Waals surface area contributed by atoms with E-state index in [0.29, 0.717) is 5.41 Å². The summed E-state index contributed by atoms with van der Waals surface area (Å²) < 4.78 is 5.30. The molecule has 0 bridgehead atoms. The second-order valence-electron chi connectivity index (χ2n) is 6.26. The standard InChI is InChI=1S/C17H29N3OS/c1-14-6-11-22-15(14)12-19-16(18-2)20-13-17(9-10-21-3)7-4-5-8-17/h6,11H,4-5,7-10,12-13H2,1-3H3,(H2,18,19,20). The first-order valence-corrected chi connectivity index (χ1v) is 9.03. The van der Waals surface area contributed by atoms with Crippen LogP contribution in [0.5, 0.6) is 0 Å². The maximum Gasteiger partial charge on any atom is 0.191 e. The molecule has 0 atom stereocenters. The van der Waals surface area contributed by atoms with Crippen molar-refractivity contribution >= 4 is 17.3 Å². The molecule has 2 N–H and O–H groups in total. The first-order valence-electron chi connectivity index (χ1n) is 8.15. The number of hydrogen-bond acceptors (Lipinski definition) is 3. The van der Waals surface area contributed by atoms with Crippen molar-refractivity contribution in [1.82, 2.24) is 10.6 Å². The van der Waals surface area contributed by atoms with E-state index in [1.165, 1.54) is 36.1 Å². The summed E-state index contributed by atoms with van der Waals surface area (Å²) in [5.41, 5.74) is 1.73. The largest absolute Gasteiger partial charge is 0.385 e. The highest BCUT2D eigenvalue weighted by Crippen LogP contribution is 2.40. The first-order chi connectivity index (χ1) is 10.7. The van der Waals surface area contributed by atoms with Gasteiger partial charge in [-0.2, -0.15) is 0 Å². The maximum atomic E-state index is 5.30. The van der Waals surface area contributed by atoms with Crippen molar-refractivity contribution in [1.29, 1.82) is 0 Å². The van der Waals surface area contributed by atoms with Gasteiger partial charge in [0.05, 0.1) is 6.54 Å². The minimum absolute atomic E-state index is 0.381. The lowest BCUT2D eigenvalue weighted by atomic mass is 9.83. The van der Waals surface area contributed by atoms with E-state index in [1.807, 2.05) is 7.05 Å². The number of aryl methyl sites for hydroxylation is 1. The molecule has 1 aliphatic rings. The van der Waals surface area contributed by atoms with Crippen molar-refractivity contribution in [2.24, 2.45) is 10.4 Å². The Kier molecular flexibility index (Phi) is 6.70. The minimum atomic E-state index is 0.381. The number of thiophene rings is 1. The van der Waals surface area contributed by atoms with Crippen molar-refractivity contribution < 1.29 is 4.74 Å². The Morgan fingerprint density at radius 3 is 2.73 bits per heavy atom. The zero-order chi connectivity index (χ0) is 15.8. The van der Waals surface area contributed by atoms with Gasteiger partial charge in [0, 0.05) is 32.2 Å². The third-order valence-corrected chi connectivity index (χ3v) is 5.76. The molecular weight excluding hydrogens is 294 g/mol. The van der Waals surface area contributed by atoms with Crippen LogP contribution in [0.3, 0.4) is 0 Å². The van der Waals surface area contributed by atoms with Gasteiger partial charge in [0.15, 0.2) is 5.96 Å². The predicted molar refractivity (Wildman–Crippen MR) is 94.7 cm³/mol. The van der Waals surface area contributed by atoms with E-state index in [4.69, 9.17) is 4.74 Å². The molecule has 0 amide bonds. The second kappa shape index (κ2) is 8.53. The molecule has 1 saturated carbocycles. The van der Waals surface area contributed by atoms with E-state index in [-0.39, 0.29) is 0 Å². The van der Waals surface area contributed by atoms with Gasteiger partial charge in [-0.25, -0.2) is 0 Å². The molecular formula is C17H29N3OS. The average molecular weight is 324 g/mol. The normalized spacial score (nSPS) is 17.7. The molecule has 1 heterocycles. The summed E-state index contributed by atoms with van der Waals surface area (Å²) in [5, 5.41) is 9.10. The van der Waals surface area contributed by atoms with E-state index in [1.54, 1.807) is 18.4 Å². The van der Waals surface area contributed by atoms with Crippen molar-refractivity contribution in [2.45, 2.75) is 45.6 Å². The van der Waals surface area contributed by atoms with Crippen molar-refractivity contribution in [2.75, 3.05) is 27.3 Å². The summed E-state index contributed by atoms with van der Waals surface area (Å²) in [6.45, 7) is 4.83. The van der Waals surface area contributed by atoms with Crippen molar-refractivity contribution in [3.8, 4) is 0 Å². The zero-order valence-electron chi connectivity index (χ0n) is 14.1. The fourth-order valence-electron chi connectivity index (χ4n) is 3.20. The van der Waals surface area contributed by atoms with E-state index in [9.17, 15) is 0 Å². The van der Waals surface area contributed by atoms with Crippen LogP contribution in [0.4, 0.5) is 0 Å². The van der Waals surface area contributed by atoms with E-state index in [2.05, 4.69) is 34.0 Å². The van der Waals surface area contributed by atoms with Gasteiger partial charge in [0.1, 0.15) is 0 Å². The molecule has 0 radical (unpaired) electrons. The molecule has 1 aromatic heterocycles. The molecule has 124 valence electrons. The van der Waals surface area contributed by atoms with E-state index in [0.717, 1.165) is 32.1 Å². The van der Waals surface area contributed by atoms with Gasteiger partial charge in [0.2, 0.25) is 0 Å². The highest BCUT2D eigenvalue weighted by molar-refractivity contribution is 7.10. The molecule has 1 aromatic rings. The number of aliphatic imine (C=N–C) groups is 1. The molecule has 1 fully saturated rings. The maximum absolute atomic E-state index is 5.30. The van der Waals surface area contributed by atoms with Crippen LogP contribution in [-0.2, 0) is 11.3 Å².